The summed E-state index contributed by atoms with van der Waals surface area (Å²) in [6, 6.07) is 6.96. The number of nitrogens with zero attached hydrogens (tertiary/aromatic N) is 1. The van der Waals surface area contributed by atoms with Crippen molar-refractivity contribution in [1.82, 2.24) is 4.90 Å². The van der Waals surface area contributed by atoms with Crippen molar-refractivity contribution in [3.05, 3.63) is 40.3 Å². The first-order valence-electron chi connectivity index (χ1n) is 8.85. The molecule has 0 atom stereocenters. The second-order valence-corrected chi connectivity index (χ2v) is 7.70. The summed E-state index contributed by atoms with van der Waals surface area (Å²) in [5, 5.41) is 5.96. The lowest BCUT2D eigenvalue weighted by Gasteiger charge is -2.16. The van der Waals surface area contributed by atoms with Crippen molar-refractivity contribution in [2.75, 3.05) is 45.0 Å². The molecule has 2 aromatic rings. The highest BCUT2D eigenvalue weighted by Crippen LogP contribution is 2.32. The van der Waals surface area contributed by atoms with E-state index in [1.54, 1.807) is 43.3 Å². The van der Waals surface area contributed by atoms with Crippen molar-refractivity contribution in [2.24, 2.45) is 0 Å². The van der Waals surface area contributed by atoms with Crippen molar-refractivity contribution < 1.29 is 23.9 Å². The van der Waals surface area contributed by atoms with Gasteiger partial charge in [0.1, 0.15) is 10.8 Å². The van der Waals surface area contributed by atoms with Gasteiger partial charge in [-0.05, 0) is 50.7 Å². The number of thiophene rings is 1. The first-order chi connectivity index (χ1) is 13.7. The molecule has 0 bridgehead atoms. The van der Waals surface area contributed by atoms with Gasteiger partial charge >= 0.3 is 5.97 Å². The Morgan fingerprint density at radius 1 is 1.00 bits per heavy atom. The van der Waals surface area contributed by atoms with E-state index in [1.807, 2.05) is 13.8 Å². The van der Waals surface area contributed by atoms with Crippen LogP contribution in [0.15, 0.2) is 24.3 Å². The quantitative estimate of drug-likeness (QED) is 0.639. The Labute approximate surface area is 173 Å². The molecular formula is C20H25N3O5S. The summed E-state index contributed by atoms with van der Waals surface area (Å²) in [5.41, 5.74) is 1.79. The van der Waals surface area contributed by atoms with E-state index in [0.717, 1.165) is 10.4 Å². The number of anilines is 2. The number of nitrogens with one attached hydrogen (secondary N) is 2. The van der Waals surface area contributed by atoms with Crippen molar-refractivity contribution >= 4 is 39.8 Å². The third-order valence-electron chi connectivity index (χ3n) is 4.23. The molecule has 0 spiro atoms. The fourth-order valence-corrected chi connectivity index (χ4v) is 3.71. The number of ether oxygens (including phenoxy) is 2. The number of aryl methyl sites for hydroxylation is 1. The maximum Gasteiger partial charge on any atom is 0.341 e. The Hall–Kier alpha value is -2.91. The van der Waals surface area contributed by atoms with Gasteiger partial charge in [-0.3, -0.25) is 14.5 Å². The van der Waals surface area contributed by atoms with Gasteiger partial charge in [-0.2, -0.15) is 0 Å². The molecule has 1 aromatic carbocycles. The van der Waals surface area contributed by atoms with E-state index < -0.39 is 5.97 Å². The molecule has 0 radical (unpaired) electrons. The Bertz CT molecular complexity index is 892. The molecule has 2 amide bonds. The highest BCUT2D eigenvalue weighted by Gasteiger charge is 2.22. The molecule has 2 N–H and O–H groups in total. The third kappa shape index (κ3) is 6.03. The largest absolute Gasteiger partial charge is 0.497 e. The standard InChI is InChI=1S/C20H25N3O5S/c1-12-13(2)29-19(18(12)20(26)28-5)22-17(25)11-23(3)10-16(24)21-14-6-8-15(27-4)9-7-14/h6-9H,10-11H2,1-5H3,(H,21,24)(H,22,25). The van der Waals surface area contributed by atoms with Crippen LogP contribution in [0.3, 0.4) is 0 Å². The van der Waals surface area contributed by atoms with Crippen LogP contribution in [-0.2, 0) is 14.3 Å². The lowest BCUT2D eigenvalue weighted by molar-refractivity contribution is -0.119. The molecule has 1 aromatic heterocycles. The number of hydrogen-bond donors (Lipinski definition) is 2. The number of carbonyl (C=O) groups is 3. The van der Waals surface area contributed by atoms with Crippen molar-refractivity contribution in [1.29, 1.82) is 0 Å². The Morgan fingerprint density at radius 2 is 1.59 bits per heavy atom. The molecule has 0 unspecified atom stereocenters. The fourth-order valence-electron chi connectivity index (χ4n) is 2.65. The SMILES string of the molecule is COC(=O)c1c(NC(=O)CN(C)CC(=O)Nc2ccc(OC)cc2)sc(C)c1C. The lowest BCUT2D eigenvalue weighted by atomic mass is 10.1. The topological polar surface area (TPSA) is 97.0 Å². The minimum Gasteiger partial charge on any atom is -0.497 e. The zero-order chi connectivity index (χ0) is 21.6. The van der Waals surface area contributed by atoms with E-state index in [2.05, 4.69) is 10.6 Å². The molecule has 0 aliphatic carbocycles. The van der Waals surface area contributed by atoms with Gasteiger partial charge in [0.15, 0.2) is 0 Å². The Kier molecular flexibility index (Phi) is 7.74. The molecule has 0 saturated heterocycles. The monoisotopic (exact) mass is 419 g/mol. The van der Waals surface area contributed by atoms with Crippen molar-refractivity contribution in [3.63, 3.8) is 0 Å². The summed E-state index contributed by atoms with van der Waals surface area (Å²) in [4.78, 5) is 39.0. The predicted molar refractivity (Wildman–Crippen MR) is 113 cm³/mol. The molecule has 29 heavy (non-hydrogen) atoms. The molecular weight excluding hydrogens is 394 g/mol. The fraction of sp³-hybridized carbons (Fsp3) is 0.350. The predicted octanol–water partition coefficient (Wildman–Crippen LogP) is 2.67. The van der Waals surface area contributed by atoms with Gasteiger partial charge < -0.3 is 20.1 Å². The first kappa shape index (κ1) is 22.4. The van der Waals surface area contributed by atoms with Crippen LogP contribution in [0.5, 0.6) is 5.75 Å². The Balaban J connectivity index is 1.91. The summed E-state index contributed by atoms with van der Waals surface area (Å²) >= 11 is 1.32. The minimum atomic E-state index is -0.491. The van der Waals surface area contributed by atoms with Gasteiger partial charge in [0, 0.05) is 10.6 Å². The zero-order valence-electron chi connectivity index (χ0n) is 17.1. The minimum absolute atomic E-state index is 0.00730. The third-order valence-corrected chi connectivity index (χ3v) is 5.35. The molecule has 0 aliphatic heterocycles. The average molecular weight is 420 g/mol. The van der Waals surface area contributed by atoms with Crippen LogP contribution in [0.1, 0.15) is 20.8 Å². The summed E-state index contributed by atoms with van der Waals surface area (Å²) in [6.45, 7) is 3.71. The van der Waals surface area contributed by atoms with E-state index >= 15 is 0 Å². The van der Waals surface area contributed by atoms with Crippen LogP contribution >= 0.6 is 11.3 Å². The van der Waals surface area contributed by atoms with Gasteiger partial charge in [-0.15, -0.1) is 11.3 Å². The number of esters is 1. The van der Waals surface area contributed by atoms with Crippen LogP contribution in [0.4, 0.5) is 10.7 Å². The maximum atomic E-state index is 12.4. The van der Waals surface area contributed by atoms with Gasteiger partial charge in [0.25, 0.3) is 0 Å². The summed E-state index contributed by atoms with van der Waals surface area (Å²) in [6.07, 6.45) is 0. The number of carbonyl (C=O) groups excluding carboxylic acids is 3. The average Bonchev–Trinajstić information content (AvgIpc) is 2.94. The van der Waals surface area contributed by atoms with E-state index in [1.165, 1.54) is 18.4 Å². The molecule has 2 rings (SSSR count). The van der Waals surface area contributed by atoms with Crippen LogP contribution < -0.4 is 15.4 Å². The molecule has 0 aliphatic rings. The number of benzene rings is 1. The molecule has 1 heterocycles. The van der Waals surface area contributed by atoms with Crippen molar-refractivity contribution in [3.8, 4) is 5.75 Å². The second-order valence-electron chi connectivity index (χ2n) is 6.48. The van der Waals surface area contributed by atoms with Crippen LogP contribution in [-0.4, -0.2) is 57.0 Å². The normalized spacial score (nSPS) is 10.6. The highest BCUT2D eigenvalue weighted by molar-refractivity contribution is 7.16. The van der Waals surface area contributed by atoms with Gasteiger partial charge in [0.2, 0.25) is 11.8 Å². The van der Waals surface area contributed by atoms with E-state index in [-0.39, 0.29) is 24.9 Å². The summed E-state index contributed by atoms with van der Waals surface area (Å²) in [7, 11) is 4.54. The van der Waals surface area contributed by atoms with Crippen molar-refractivity contribution in [2.45, 2.75) is 13.8 Å². The molecule has 156 valence electrons. The number of hydrogen-bond acceptors (Lipinski definition) is 7. The van der Waals surface area contributed by atoms with E-state index in [9.17, 15) is 14.4 Å². The smallest absolute Gasteiger partial charge is 0.341 e. The molecule has 0 saturated carbocycles. The molecule has 0 fully saturated rings. The summed E-state index contributed by atoms with van der Waals surface area (Å²) in [5.74, 6) is -0.365. The first-order valence-corrected chi connectivity index (χ1v) is 9.67. The van der Waals surface area contributed by atoms with Crippen LogP contribution in [0, 0.1) is 13.8 Å². The van der Waals surface area contributed by atoms with E-state index in [4.69, 9.17) is 9.47 Å². The molecule has 9 heteroatoms. The zero-order valence-corrected chi connectivity index (χ0v) is 17.9. The maximum absolute atomic E-state index is 12.4. The molecule has 8 nitrogen and oxygen atoms in total. The van der Waals surface area contributed by atoms with E-state index in [0.29, 0.717) is 22.0 Å². The number of methoxy groups -OCH3 is 2. The van der Waals surface area contributed by atoms with Gasteiger partial charge in [-0.25, -0.2) is 4.79 Å². The van der Waals surface area contributed by atoms with Gasteiger partial charge in [-0.1, -0.05) is 0 Å². The van der Waals surface area contributed by atoms with Crippen LogP contribution in [0.25, 0.3) is 0 Å². The number of likely N-dealkylation sites (N-methyl/N-ethyl adjacent to an activating group) is 1. The Morgan fingerprint density at radius 3 is 2.14 bits per heavy atom. The number of rotatable bonds is 8. The summed E-state index contributed by atoms with van der Waals surface area (Å²) < 4.78 is 9.88. The number of amides is 2. The second kappa shape index (κ2) is 10.0. The van der Waals surface area contributed by atoms with Gasteiger partial charge in [0.05, 0.1) is 32.9 Å². The highest BCUT2D eigenvalue weighted by atomic mass is 32.1. The lowest BCUT2D eigenvalue weighted by Crippen LogP contribution is -2.36. The van der Waals surface area contributed by atoms with Crippen LogP contribution in [0.2, 0.25) is 0 Å².